The average Bonchev–Trinajstić information content (AvgIpc) is 2.88. The number of aryl methyl sites for hydroxylation is 2. The van der Waals surface area contributed by atoms with Gasteiger partial charge < -0.3 is 14.2 Å². The third-order valence-corrected chi connectivity index (χ3v) is 4.68. The minimum atomic E-state index is -0.219. The first-order valence-corrected chi connectivity index (χ1v) is 8.40. The third kappa shape index (κ3) is 3.00. The number of piperidine rings is 1. The first-order chi connectivity index (χ1) is 11.5. The van der Waals surface area contributed by atoms with Gasteiger partial charge in [0.2, 0.25) is 0 Å². The van der Waals surface area contributed by atoms with Gasteiger partial charge in [-0.05, 0) is 44.9 Å². The molecule has 1 unspecified atom stereocenters. The Balaban J connectivity index is 1.79. The van der Waals surface area contributed by atoms with Crippen LogP contribution in [0.3, 0.4) is 0 Å². The van der Waals surface area contributed by atoms with E-state index in [1.54, 1.807) is 11.8 Å². The van der Waals surface area contributed by atoms with Gasteiger partial charge in [0.1, 0.15) is 5.82 Å². The van der Waals surface area contributed by atoms with Gasteiger partial charge in [-0.25, -0.2) is 4.98 Å². The molecule has 2 heterocycles. The lowest BCUT2D eigenvalue weighted by atomic mass is 9.97. The summed E-state index contributed by atoms with van der Waals surface area (Å²) in [5, 5.41) is 0. The first kappa shape index (κ1) is 16.5. The molecule has 1 aromatic carbocycles. The molecule has 1 aromatic heterocycles. The summed E-state index contributed by atoms with van der Waals surface area (Å²) >= 11 is 0. The molecule has 0 bridgehead atoms. The van der Waals surface area contributed by atoms with E-state index in [1.165, 1.54) is 0 Å². The lowest BCUT2D eigenvalue weighted by Crippen LogP contribution is -2.42. The molecule has 0 spiro atoms. The summed E-state index contributed by atoms with van der Waals surface area (Å²) in [7, 11) is 1.96. The zero-order valence-electron chi connectivity index (χ0n) is 14.4. The van der Waals surface area contributed by atoms with Crippen molar-refractivity contribution in [2.75, 3.05) is 19.7 Å². The van der Waals surface area contributed by atoms with E-state index in [4.69, 9.17) is 4.74 Å². The highest BCUT2D eigenvalue weighted by atomic mass is 16.5. The van der Waals surface area contributed by atoms with Crippen molar-refractivity contribution in [3.8, 4) is 0 Å². The maximum Gasteiger partial charge on any atom is 0.310 e. The molecule has 1 aliphatic heterocycles. The van der Waals surface area contributed by atoms with Crippen molar-refractivity contribution < 1.29 is 14.3 Å². The molecule has 1 fully saturated rings. The van der Waals surface area contributed by atoms with Crippen LogP contribution in [0, 0.1) is 12.8 Å². The summed E-state index contributed by atoms with van der Waals surface area (Å²) in [6, 6.07) is 5.59. The molecule has 6 nitrogen and oxygen atoms in total. The van der Waals surface area contributed by atoms with Crippen molar-refractivity contribution in [2.45, 2.75) is 26.7 Å². The minimum absolute atomic E-state index is 0.0470. The van der Waals surface area contributed by atoms with Crippen LogP contribution >= 0.6 is 0 Å². The summed E-state index contributed by atoms with van der Waals surface area (Å²) in [5.41, 5.74) is 2.44. The van der Waals surface area contributed by atoms with Crippen LogP contribution in [0.2, 0.25) is 0 Å². The number of carbonyl (C=O) groups excluding carboxylic acids is 2. The Kier molecular flexibility index (Phi) is 4.55. The summed E-state index contributed by atoms with van der Waals surface area (Å²) < 4.78 is 7.10. The number of hydrogen-bond acceptors (Lipinski definition) is 4. The fraction of sp³-hybridized carbons (Fsp3) is 0.500. The van der Waals surface area contributed by atoms with E-state index < -0.39 is 0 Å². The van der Waals surface area contributed by atoms with Gasteiger partial charge in [0.05, 0.1) is 23.6 Å². The topological polar surface area (TPSA) is 64.4 Å². The lowest BCUT2D eigenvalue weighted by Gasteiger charge is -2.31. The number of benzene rings is 1. The minimum Gasteiger partial charge on any atom is -0.466 e. The Labute approximate surface area is 141 Å². The van der Waals surface area contributed by atoms with E-state index in [0.717, 1.165) is 29.7 Å². The number of likely N-dealkylation sites (tertiary alicyclic amines) is 1. The molecule has 1 saturated heterocycles. The quantitative estimate of drug-likeness (QED) is 0.811. The summed E-state index contributed by atoms with van der Waals surface area (Å²) in [4.78, 5) is 31.0. The van der Waals surface area contributed by atoms with Crippen LogP contribution in [-0.2, 0) is 16.6 Å². The second-order valence-electron chi connectivity index (χ2n) is 6.26. The van der Waals surface area contributed by atoms with Crippen molar-refractivity contribution in [1.82, 2.24) is 14.5 Å². The van der Waals surface area contributed by atoms with Gasteiger partial charge in [0.15, 0.2) is 0 Å². The Bertz CT molecular complexity index is 781. The highest BCUT2D eigenvalue weighted by Gasteiger charge is 2.29. The summed E-state index contributed by atoms with van der Waals surface area (Å²) in [6.07, 6.45) is 1.60. The Morgan fingerprint density at radius 3 is 2.92 bits per heavy atom. The SMILES string of the molecule is CCOC(=O)C1CCCN(C(=O)c2ccc3c(c2)nc(C)n3C)C1. The normalized spacial score (nSPS) is 18.0. The van der Waals surface area contributed by atoms with Crippen LogP contribution in [0.1, 0.15) is 35.9 Å². The van der Waals surface area contributed by atoms with Crippen LogP contribution in [0.4, 0.5) is 0 Å². The molecule has 128 valence electrons. The van der Waals surface area contributed by atoms with E-state index in [9.17, 15) is 9.59 Å². The number of esters is 1. The lowest BCUT2D eigenvalue weighted by molar-refractivity contribution is -0.149. The molecule has 0 saturated carbocycles. The Morgan fingerprint density at radius 1 is 1.38 bits per heavy atom. The number of aromatic nitrogens is 2. The van der Waals surface area contributed by atoms with Gasteiger partial charge in [-0.3, -0.25) is 9.59 Å². The summed E-state index contributed by atoms with van der Waals surface area (Å²) in [5.74, 6) is 0.443. The molecule has 24 heavy (non-hydrogen) atoms. The fourth-order valence-corrected chi connectivity index (χ4v) is 3.25. The number of imidazole rings is 1. The van der Waals surface area contributed by atoms with Gasteiger partial charge in [-0.15, -0.1) is 0 Å². The number of amides is 1. The summed E-state index contributed by atoms with van der Waals surface area (Å²) in [6.45, 7) is 5.22. The van der Waals surface area contributed by atoms with Crippen LogP contribution in [0.5, 0.6) is 0 Å². The average molecular weight is 329 g/mol. The van der Waals surface area contributed by atoms with Crippen molar-refractivity contribution in [3.63, 3.8) is 0 Å². The molecular formula is C18H23N3O3. The molecule has 2 aromatic rings. The molecule has 0 aliphatic carbocycles. The van der Waals surface area contributed by atoms with Gasteiger partial charge >= 0.3 is 5.97 Å². The molecule has 6 heteroatoms. The zero-order chi connectivity index (χ0) is 17.3. The maximum atomic E-state index is 12.8. The molecule has 0 N–H and O–H groups in total. The number of nitrogens with zero attached hydrogens (tertiary/aromatic N) is 3. The van der Waals surface area contributed by atoms with Crippen LogP contribution in [0.15, 0.2) is 18.2 Å². The smallest absolute Gasteiger partial charge is 0.310 e. The number of carbonyl (C=O) groups is 2. The van der Waals surface area contributed by atoms with E-state index in [1.807, 2.05) is 36.7 Å². The largest absolute Gasteiger partial charge is 0.466 e. The molecule has 1 atom stereocenters. The van der Waals surface area contributed by atoms with Crippen molar-refractivity contribution in [3.05, 3.63) is 29.6 Å². The van der Waals surface area contributed by atoms with E-state index in [0.29, 0.717) is 25.3 Å². The number of hydrogen-bond donors (Lipinski definition) is 0. The number of ether oxygens (including phenoxy) is 1. The van der Waals surface area contributed by atoms with Crippen LogP contribution in [-0.4, -0.2) is 46.0 Å². The number of fused-ring (bicyclic) bond motifs is 1. The fourth-order valence-electron chi connectivity index (χ4n) is 3.25. The predicted molar refractivity (Wildman–Crippen MR) is 90.7 cm³/mol. The third-order valence-electron chi connectivity index (χ3n) is 4.68. The molecule has 3 rings (SSSR count). The van der Waals surface area contributed by atoms with Crippen molar-refractivity contribution >= 4 is 22.9 Å². The molecular weight excluding hydrogens is 306 g/mol. The maximum absolute atomic E-state index is 12.8. The molecule has 1 aliphatic rings. The highest BCUT2D eigenvalue weighted by molar-refractivity contribution is 5.97. The van der Waals surface area contributed by atoms with Crippen molar-refractivity contribution in [1.29, 1.82) is 0 Å². The first-order valence-electron chi connectivity index (χ1n) is 8.40. The molecule has 1 amide bonds. The highest BCUT2D eigenvalue weighted by Crippen LogP contribution is 2.22. The van der Waals surface area contributed by atoms with E-state index >= 15 is 0 Å². The van der Waals surface area contributed by atoms with E-state index in [2.05, 4.69) is 4.98 Å². The second-order valence-corrected chi connectivity index (χ2v) is 6.26. The van der Waals surface area contributed by atoms with Crippen molar-refractivity contribution in [2.24, 2.45) is 13.0 Å². The predicted octanol–water partition coefficient (Wildman–Crippen LogP) is 2.30. The van der Waals surface area contributed by atoms with Crippen LogP contribution < -0.4 is 0 Å². The van der Waals surface area contributed by atoms with Crippen LogP contribution in [0.25, 0.3) is 11.0 Å². The second kappa shape index (κ2) is 6.63. The standard InChI is InChI=1S/C18H23N3O3/c1-4-24-18(23)14-6-5-9-21(11-14)17(22)13-7-8-16-15(10-13)19-12(2)20(16)3/h7-8,10,14H,4-6,9,11H2,1-3H3. The number of rotatable bonds is 3. The Hall–Kier alpha value is -2.37. The monoisotopic (exact) mass is 329 g/mol. The molecule has 0 radical (unpaired) electrons. The Morgan fingerprint density at radius 2 is 2.17 bits per heavy atom. The van der Waals surface area contributed by atoms with Gasteiger partial charge in [-0.1, -0.05) is 0 Å². The van der Waals surface area contributed by atoms with Gasteiger partial charge in [0.25, 0.3) is 5.91 Å². The van der Waals surface area contributed by atoms with E-state index in [-0.39, 0.29) is 17.8 Å². The van der Waals surface area contributed by atoms with Gasteiger partial charge in [-0.2, -0.15) is 0 Å². The zero-order valence-corrected chi connectivity index (χ0v) is 14.4. The van der Waals surface area contributed by atoms with Gasteiger partial charge in [0, 0.05) is 25.7 Å².